The van der Waals surface area contributed by atoms with Gasteiger partial charge < -0.3 is 10.4 Å². The summed E-state index contributed by atoms with van der Waals surface area (Å²) in [5, 5.41) is 16.1. The number of nitrogens with one attached hydrogen (secondary N) is 1. The highest BCUT2D eigenvalue weighted by Crippen LogP contribution is 2.14. The molecule has 0 radical (unpaired) electrons. The normalized spacial score (nSPS) is 12.5. The van der Waals surface area contributed by atoms with Crippen LogP contribution < -0.4 is 5.32 Å². The summed E-state index contributed by atoms with van der Waals surface area (Å²) < 4.78 is 0. The Kier molecular flexibility index (Phi) is 4.41. The van der Waals surface area contributed by atoms with E-state index in [2.05, 4.69) is 21.2 Å². The Bertz CT molecular complexity index is 263. The summed E-state index contributed by atoms with van der Waals surface area (Å²) in [4.78, 5) is 10.8. The molecule has 0 fully saturated rings. The summed E-state index contributed by atoms with van der Waals surface area (Å²) in [6.07, 6.45) is -0.603. The molecule has 2 N–H and O–H groups in total. The van der Waals surface area contributed by atoms with Crippen LogP contribution in [0, 0.1) is 0 Å². The van der Waals surface area contributed by atoms with Crippen LogP contribution in [0.5, 0.6) is 0 Å². The van der Waals surface area contributed by atoms with Crippen LogP contribution in [0.15, 0.2) is 16.8 Å². The third-order valence-electron chi connectivity index (χ3n) is 1.54. The lowest BCUT2D eigenvalue weighted by molar-refractivity contribution is -0.118. The van der Waals surface area contributed by atoms with Crippen LogP contribution in [-0.4, -0.2) is 22.9 Å². The van der Waals surface area contributed by atoms with Crippen molar-refractivity contribution in [3.8, 4) is 0 Å². The summed E-state index contributed by atoms with van der Waals surface area (Å²) in [5.41, 5.74) is 0.847. The van der Waals surface area contributed by atoms with Gasteiger partial charge in [0.15, 0.2) is 0 Å². The predicted molar refractivity (Wildman–Crippen MR) is 56.1 cm³/mol. The molecule has 0 bridgehead atoms. The summed E-state index contributed by atoms with van der Waals surface area (Å²) in [6, 6.07) is 1.84. The molecule has 0 aromatic carbocycles. The first-order valence-electron chi connectivity index (χ1n) is 3.77. The molecule has 5 heteroatoms. The van der Waals surface area contributed by atoms with Gasteiger partial charge in [0.2, 0.25) is 5.91 Å². The molecule has 0 saturated heterocycles. The van der Waals surface area contributed by atoms with Crippen molar-refractivity contribution < 1.29 is 9.90 Å². The minimum absolute atomic E-state index is 0.116. The largest absolute Gasteiger partial charge is 0.387 e. The number of amides is 1. The molecule has 72 valence electrons. The summed E-state index contributed by atoms with van der Waals surface area (Å²) in [5.74, 6) is -0.116. The molecule has 0 aliphatic carbocycles. The molecule has 1 aromatic heterocycles. The Balaban J connectivity index is 2.34. The summed E-state index contributed by atoms with van der Waals surface area (Å²) in [6.45, 7) is 0.265. The van der Waals surface area contributed by atoms with Crippen LogP contribution in [0.25, 0.3) is 0 Å². The summed E-state index contributed by atoms with van der Waals surface area (Å²) >= 11 is 4.55. The van der Waals surface area contributed by atoms with Gasteiger partial charge in [0, 0.05) is 6.54 Å². The van der Waals surface area contributed by atoms with Gasteiger partial charge in [-0.05, 0) is 22.4 Å². The van der Waals surface area contributed by atoms with Crippen molar-refractivity contribution in [1.29, 1.82) is 0 Å². The lowest BCUT2D eigenvalue weighted by atomic mass is 10.2. The fourth-order valence-corrected chi connectivity index (χ4v) is 1.75. The second kappa shape index (κ2) is 5.36. The maximum Gasteiger partial charge on any atom is 0.230 e. The maximum atomic E-state index is 10.8. The number of thiophene rings is 1. The Morgan fingerprint density at radius 1 is 1.77 bits per heavy atom. The van der Waals surface area contributed by atoms with Gasteiger partial charge in [-0.2, -0.15) is 11.3 Å². The highest BCUT2D eigenvalue weighted by atomic mass is 79.9. The monoisotopic (exact) mass is 263 g/mol. The molecule has 0 aliphatic rings. The topological polar surface area (TPSA) is 49.3 Å². The van der Waals surface area contributed by atoms with Crippen molar-refractivity contribution >= 4 is 33.2 Å². The number of aliphatic hydroxyl groups excluding tert-OH is 1. The number of alkyl halides is 1. The lowest BCUT2D eigenvalue weighted by Gasteiger charge is -2.08. The quantitative estimate of drug-likeness (QED) is 0.805. The molecule has 1 atom stereocenters. The van der Waals surface area contributed by atoms with Gasteiger partial charge in [-0.25, -0.2) is 0 Å². The molecule has 1 unspecified atom stereocenters. The van der Waals surface area contributed by atoms with Crippen LogP contribution in [-0.2, 0) is 4.79 Å². The van der Waals surface area contributed by atoms with Crippen LogP contribution >= 0.6 is 27.3 Å². The number of carbonyl (C=O) groups excluding carboxylic acids is 1. The molecule has 3 nitrogen and oxygen atoms in total. The van der Waals surface area contributed by atoms with Crippen LogP contribution in [0.1, 0.15) is 11.7 Å². The maximum absolute atomic E-state index is 10.8. The van der Waals surface area contributed by atoms with Gasteiger partial charge in [-0.15, -0.1) is 0 Å². The Morgan fingerprint density at radius 3 is 3.08 bits per heavy atom. The van der Waals surface area contributed by atoms with Crippen molar-refractivity contribution in [1.82, 2.24) is 5.32 Å². The standard InChI is InChI=1S/C8H10BrNO2S/c9-3-8(12)10-4-7(11)6-1-2-13-5-6/h1-2,5,7,11H,3-4H2,(H,10,12). The van der Waals surface area contributed by atoms with Crippen molar-refractivity contribution in [2.75, 3.05) is 11.9 Å². The average molecular weight is 264 g/mol. The fraction of sp³-hybridized carbons (Fsp3) is 0.375. The first-order chi connectivity index (χ1) is 6.24. The highest BCUT2D eigenvalue weighted by Gasteiger charge is 2.08. The number of hydrogen-bond acceptors (Lipinski definition) is 3. The van der Waals surface area contributed by atoms with E-state index in [0.29, 0.717) is 0 Å². The first kappa shape index (κ1) is 10.7. The van der Waals surface area contributed by atoms with Gasteiger partial charge in [0.05, 0.1) is 11.4 Å². The number of halogens is 1. The zero-order valence-electron chi connectivity index (χ0n) is 6.87. The van der Waals surface area contributed by atoms with E-state index in [9.17, 15) is 9.90 Å². The van der Waals surface area contributed by atoms with E-state index in [-0.39, 0.29) is 17.8 Å². The Morgan fingerprint density at radius 2 is 2.54 bits per heavy atom. The molecular weight excluding hydrogens is 254 g/mol. The fourth-order valence-electron chi connectivity index (χ4n) is 0.840. The van der Waals surface area contributed by atoms with Crippen molar-refractivity contribution in [2.24, 2.45) is 0 Å². The second-order valence-corrected chi connectivity index (χ2v) is 3.85. The number of rotatable bonds is 4. The SMILES string of the molecule is O=C(CBr)NCC(O)c1ccsc1. The third-order valence-corrected chi connectivity index (χ3v) is 2.75. The summed E-state index contributed by atoms with van der Waals surface area (Å²) in [7, 11) is 0. The third kappa shape index (κ3) is 3.46. The molecular formula is C8H10BrNO2S. The molecule has 0 saturated carbocycles. The Labute approximate surface area is 88.9 Å². The molecule has 1 aromatic rings. The molecule has 13 heavy (non-hydrogen) atoms. The molecule has 1 heterocycles. The number of hydrogen-bond donors (Lipinski definition) is 2. The molecule has 1 amide bonds. The van der Waals surface area contributed by atoms with Gasteiger partial charge >= 0.3 is 0 Å². The van der Waals surface area contributed by atoms with Gasteiger partial charge in [0.1, 0.15) is 0 Å². The zero-order valence-corrected chi connectivity index (χ0v) is 9.27. The predicted octanol–water partition coefficient (Wildman–Crippen LogP) is 1.29. The minimum atomic E-state index is -0.603. The zero-order chi connectivity index (χ0) is 9.68. The van der Waals surface area contributed by atoms with E-state index in [0.717, 1.165) is 5.56 Å². The molecule has 0 aliphatic heterocycles. The van der Waals surface area contributed by atoms with Crippen molar-refractivity contribution in [3.05, 3.63) is 22.4 Å². The van der Waals surface area contributed by atoms with Gasteiger partial charge in [0.25, 0.3) is 0 Å². The second-order valence-electron chi connectivity index (χ2n) is 2.51. The van der Waals surface area contributed by atoms with Crippen LogP contribution in [0.4, 0.5) is 0 Å². The van der Waals surface area contributed by atoms with Crippen molar-refractivity contribution in [3.63, 3.8) is 0 Å². The number of aliphatic hydroxyl groups is 1. The van der Waals surface area contributed by atoms with Crippen LogP contribution in [0.2, 0.25) is 0 Å². The smallest absolute Gasteiger partial charge is 0.230 e. The van der Waals surface area contributed by atoms with Crippen LogP contribution in [0.3, 0.4) is 0 Å². The molecule has 0 spiro atoms. The van der Waals surface area contributed by atoms with Gasteiger partial charge in [-0.1, -0.05) is 15.9 Å². The van der Waals surface area contributed by atoms with E-state index in [4.69, 9.17) is 0 Å². The number of carbonyl (C=O) groups is 1. The Hall–Kier alpha value is -0.390. The lowest BCUT2D eigenvalue weighted by Crippen LogP contribution is -2.28. The van der Waals surface area contributed by atoms with E-state index < -0.39 is 6.10 Å². The van der Waals surface area contributed by atoms with Gasteiger partial charge in [-0.3, -0.25) is 4.79 Å². The van der Waals surface area contributed by atoms with Crippen molar-refractivity contribution in [2.45, 2.75) is 6.10 Å². The first-order valence-corrected chi connectivity index (χ1v) is 5.83. The van der Waals surface area contributed by atoms with E-state index in [1.165, 1.54) is 11.3 Å². The highest BCUT2D eigenvalue weighted by molar-refractivity contribution is 9.09. The molecule has 1 rings (SSSR count). The van der Waals surface area contributed by atoms with E-state index in [1.54, 1.807) is 0 Å². The van der Waals surface area contributed by atoms with E-state index in [1.807, 2.05) is 16.8 Å². The minimum Gasteiger partial charge on any atom is -0.387 e. The van der Waals surface area contributed by atoms with E-state index >= 15 is 0 Å². The average Bonchev–Trinajstić information content (AvgIpc) is 2.66.